The van der Waals surface area contributed by atoms with Gasteiger partial charge in [0.05, 0.1) is 20.1 Å². The molecule has 6 rings (SSSR count). The highest BCUT2D eigenvalue weighted by Crippen LogP contribution is 2.50. The second kappa shape index (κ2) is 7.78. The van der Waals surface area contributed by atoms with Crippen LogP contribution in [0.2, 0.25) is 0 Å². The van der Waals surface area contributed by atoms with Crippen molar-refractivity contribution in [1.29, 1.82) is 0 Å². The van der Waals surface area contributed by atoms with Gasteiger partial charge in [0.2, 0.25) is 6.29 Å². The van der Waals surface area contributed by atoms with Gasteiger partial charge in [-0.2, -0.15) is 0 Å². The number of methoxy groups -OCH3 is 2. The van der Waals surface area contributed by atoms with Crippen molar-refractivity contribution in [2.24, 2.45) is 0 Å². The van der Waals surface area contributed by atoms with E-state index in [2.05, 4.69) is 0 Å². The molecule has 0 spiro atoms. The van der Waals surface area contributed by atoms with E-state index in [0.29, 0.717) is 23.0 Å². The molecule has 2 aliphatic heterocycles. The van der Waals surface area contributed by atoms with Crippen molar-refractivity contribution in [3.05, 3.63) is 95.1 Å². The lowest BCUT2D eigenvalue weighted by Crippen LogP contribution is -2.18. The molecule has 1 N–H and O–H groups in total. The zero-order valence-corrected chi connectivity index (χ0v) is 18.6. The number of benzene rings is 4. The van der Waals surface area contributed by atoms with Crippen molar-refractivity contribution >= 4 is 16.7 Å². The number of hydrogen-bond acceptors (Lipinski definition) is 6. The molecule has 0 bridgehead atoms. The number of aliphatic hydroxyl groups excluding tert-OH is 1. The summed E-state index contributed by atoms with van der Waals surface area (Å²) in [5.74, 6) is 1.08. The molecule has 2 aliphatic rings. The average Bonchev–Trinajstić information content (AvgIpc) is 3.39. The van der Waals surface area contributed by atoms with Crippen LogP contribution in [0.1, 0.15) is 34.1 Å². The maximum absolute atomic E-state index is 13.0. The van der Waals surface area contributed by atoms with Gasteiger partial charge >= 0.3 is 5.97 Å². The number of carbonyl (C=O) groups is 1. The molecule has 0 saturated carbocycles. The first-order chi connectivity index (χ1) is 16.6. The number of ether oxygens (including phenoxy) is 4. The monoisotopic (exact) mass is 454 g/mol. The Labute approximate surface area is 196 Å². The average molecular weight is 454 g/mol. The molecule has 0 aromatic heterocycles. The summed E-state index contributed by atoms with van der Waals surface area (Å²) < 4.78 is 22.5. The fraction of sp³-hybridized carbons (Fsp3) is 0.179. The van der Waals surface area contributed by atoms with Gasteiger partial charge in [0.15, 0.2) is 11.5 Å². The van der Waals surface area contributed by atoms with Crippen LogP contribution in [0, 0.1) is 0 Å². The van der Waals surface area contributed by atoms with Gasteiger partial charge in [0.1, 0.15) is 17.4 Å². The Morgan fingerprint density at radius 1 is 0.765 bits per heavy atom. The summed E-state index contributed by atoms with van der Waals surface area (Å²) in [6, 6.07) is 22.9. The molecule has 6 nitrogen and oxygen atoms in total. The van der Waals surface area contributed by atoms with E-state index in [4.69, 9.17) is 18.9 Å². The van der Waals surface area contributed by atoms with E-state index in [1.54, 1.807) is 26.4 Å². The maximum atomic E-state index is 13.0. The molecule has 2 heterocycles. The standard InChI is InChI=1S/C28H22O6/c1-31-21-13-8-16(14-22(21)32-2)24-20-12-10-17-18(26(20)34-28(24)30)9-11-19-23(27(29)33-25(17)19)15-6-4-3-5-7-15/h3-14,23-24,27,29H,1-2H3. The van der Waals surface area contributed by atoms with Gasteiger partial charge in [0.25, 0.3) is 0 Å². The fourth-order valence-electron chi connectivity index (χ4n) is 5.08. The zero-order chi connectivity index (χ0) is 23.4. The van der Waals surface area contributed by atoms with Crippen LogP contribution in [0.4, 0.5) is 0 Å². The van der Waals surface area contributed by atoms with Gasteiger partial charge in [-0.25, -0.2) is 0 Å². The lowest BCUT2D eigenvalue weighted by molar-refractivity contribution is -0.133. The molecule has 4 aromatic carbocycles. The summed E-state index contributed by atoms with van der Waals surface area (Å²) in [5.41, 5.74) is 3.43. The number of fused-ring (bicyclic) bond motifs is 5. The predicted molar refractivity (Wildman–Crippen MR) is 126 cm³/mol. The molecular weight excluding hydrogens is 432 g/mol. The summed E-state index contributed by atoms with van der Waals surface area (Å²) in [6.07, 6.45) is -0.988. The summed E-state index contributed by atoms with van der Waals surface area (Å²) in [6.45, 7) is 0. The predicted octanol–water partition coefficient (Wildman–Crippen LogP) is 4.75. The third-order valence-corrected chi connectivity index (χ3v) is 6.67. The first kappa shape index (κ1) is 20.6. The molecule has 170 valence electrons. The normalized spacial score (nSPS) is 20.4. The van der Waals surface area contributed by atoms with E-state index in [1.165, 1.54) is 0 Å². The Morgan fingerprint density at radius 3 is 2.21 bits per heavy atom. The van der Waals surface area contributed by atoms with Crippen LogP contribution in [0.3, 0.4) is 0 Å². The second-order valence-electron chi connectivity index (χ2n) is 8.43. The molecule has 0 amide bonds. The molecule has 0 saturated heterocycles. The first-order valence-corrected chi connectivity index (χ1v) is 11.0. The minimum Gasteiger partial charge on any atom is -0.493 e. The smallest absolute Gasteiger partial charge is 0.323 e. The Kier molecular flexibility index (Phi) is 4.71. The molecule has 0 radical (unpaired) electrons. The minimum atomic E-state index is -0.988. The maximum Gasteiger partial charge on any atom is 0.323 e. The lowest BCUT2D eigenvalue weighted by atomic mass is 9.88. The highest BCUT2D eigenvalue weighted by atomic mass is 16.6. The van der Waals surface area contributed by atoms with E-state index in [-0.39, 0.29) is 11.9 Å². The Bertz CT molecular complexity index is 1430. The summed E-state index contributed by atoms with van der Waals surface area (Å²) in [4.78, 5) is 13.0. The highest BCUT2D eigenvalue weighted by molar-refractivity contribution is 6.02. The topological polar surface area (TPSA) is 74.2 Å². The van der Waals surface area contributed by atoms with Crippen LogP contribution in [-0.2, 0) is 4.79 Å². The molecule has 3 unspecified atom stereocenters. The van der Waals surface area contributed by atoms with E-state index in [9.17, 15) is 9.90 Å². The van der Waals surface area contributed by atoms with Gasteiger partial charge in [-0.15, -0.1) is 0 Å². The fourth-order valence-corrected chi connectivity index (χ4v) is 5.08. The molecule has 6 heteroatoms. The van der Waals surface area contributed by atoms with Crippen LogP contribution >= 0.6 is 0 Å². The van der Waals surface area contributed by atoms with Gasteiger partial charge < -0.3 is 24.1 Å². The van der Waals surface area contributed by atoms with Crippen molar-refractivity contribution in [3.63, 3.8) is 0 Å². The van der Waals surface area contributed by atoms with Gasteiger partial charge in [-0.3, -0.25) is 4.79 Å². The van der Waals surface area contributed by atoms with Crippen LogP contribution in [-0.4, -0.2) is 31.6 Å². The molecule has 0 aliphatic carbocycles. The minimum absolute atomic E-state index is 0.282. The lowest BCUT2D eigenvalue weighted by Gasteiger charge is -2.13. The van der Waals surface area contributed by atoms with Crippen molar-refractivity contribution < 1.29 is 28.8 Å². The van der Waals surface area contributed by atoms with Crippen molar-refractivity contribution in [2.75, 3.05) is 14.2 Å². The zero-order valence-electron chi connectivity index (χ0n) is 18.6. The van der Waals surface area contributed by atoms with Crippen LogP contribution in [0.5, 0.6) is 23.0 Å². The Morgan fingerprint density at radius 2 is 1.47 bits per heavy atom. The Hall–Kier alpha value is -4.03. The summed E-state index contributed by atoms with van der Waals surface area (Å²) in [5, 5.41) is 12.3. The van der Waals surface area contributed by atoms with E-state index in [0.717, 1.165) is 33.0 Å². The summed E-state index contributed by atoms with van der Waals surface area (Å²) >= 11 is 0. The molecule has 4 aromatic rings. The third-order valence-electron chi connectivity index (χ3n) is 6.67. The molecule has 0 fully saturated rings. The SMILES string of the molecule is COc1ccc(C2C(=O)Oc3c2ccc2c4c(ccc32)C(c2ccccc2)C(O)O4)cc1OC. The van der Waals surface area contributed by atoms with Crippen molar-refractivity contribution in [1.82, 2.24) is 0 Å². The van der Waals surface area contributed by atoms with E-state index < -0.39 is 12.2 Å². The van der Waals surface area contributed by atoms with Gasteiger partial charge in [-0.1, -0.05) is 60.7 Å². The molecular formula is C28H22O6. The van der Waals surface area contributed by atoms with Crippen molar-refractivity contribution in [3.8, 4) is 23.0 Å². The largest absolute Gasteiger partial charge is 0.493 e. The van der Waals surface area contributed by atoms with Gasteiger partial charge in [0, 0.05) is 21.9 Å². The third kappa shape index (κ3) is 2.96. The Balaban J connectivity index is 1.46. The van der Waals surface area contributed by atoms with Gasteiger partial charge in [-0.05, 0) is 23.3 Å². The van der Waals surface area contributed by atoms with E-state index in [1.807, 2.05) is 60.7 Å². The number of rotatable bonds is 4. The van der Waals surface area contributed by atoms with Crippen molar-refractivity contribution in [2.45, 2.75) is 18.1 Å². The highest BCUT2D eigenvalue weighted by Gasteiger charge is 2.39. The quantitative estimate of drug-likeness (QED) is 0.354. The van der Waals surface area contributed by atoms with Crippen LogP contribution in [0.25, 0.3) is 10.8 Å². The number of hydrogen-bond donors (Lipinski definition) is 1. The summed E-state index contributed by atoms with van der Waals surface area (Å²) in [7, 11) is 3.14. The number of esters is 1. The molecule has 34 heavy (non-hydrogen) atoms. The van der Waals surface area contributed by atoms with Crippen LogP contribution in [0.15, 0.2) is 72.8 Å². The van der Waals surface area contributed by atoms with Crippen LogP contribution < -0.4 is 18.9 Å². The molecule has 3 atom stereocenters. The first-order valence-electron chi connectivity index (χ1n) is 11.0. The second-order valence-corrected chi connectivity index (χ2v) is 8.43. The number of carbonyl (C=O) groups excluding carboxylic acids is 1. The number of aliphatic hydroxyl groups is 1. The van der Waals surface area contributed by atoms with E-state index >= 15 is 0 Å².